The van der Waals surface area contributed by atoms with Gasteiger partial charge in [-0.05, 0) is 43.9 Å². The Bertz CT molecular complexity index is 567. The molecule has 2 heterocycles. The molecule has 1 atom stereocenters. The van der Waals surface area contributed by atoms with Gasteiger partial charge in [0, 0.05) is 18.7 Å². The maximum absolute atomic E-state index is 13.0. The fourth-order valence-corrected chi connectivity index (χ4v) is 3.52. The topological polar surface area (TPSA) is 42.0 Å². The van der Waals surface area contributed by atoms with Crippen molar-refractivity contribution in [2.75, 3.05) is 27.3 Å². The Labute approximate surface area is 131 Å². The number of rotatable bonds is 3. The number of ether oxygens (including phenoxy) is 2. The Balaban J connectivity index is 1.96. The third-order valence-corrected chi connectivity index (χ3v) is 4.62. The summed E-state index contributed by atoms with van der Waals surface area (Å²) in [6, 6.07) is 3.94. The number of hydrogen-bond acceptors (Lipinski definition) is 4. The highest BCUT2D eigenvalue weighted by Crippen LogP contribution is 2.35. The summed E-state index contributed by atoms with van der Waals surface area (Å²) in [5.41, 5.74) is 1.78. The molecule has 0 radical (unpaired) electrons. The van der Waals surface area contributed by atoms with E-state index < -0.39 is 0 Å². The van der Waals surface area contributed by atoms with Gasteiger partial charge in [0.2, 0.25) is 0 Å². The van der Waals surface area contributed by atoms with Gasteiger partial charge in [-0.2, -0.15) is 0 Å². The van der Waals surface area contributed by atoms with Crippen LogP contribution in [0.2, 0.25) is 0 Å². The van der Waals surface area contributed by atoms with Crippen molar-refractivity contribution in [1.29, 1.82) is 0 Å². The van der Waals surface area contributed by atoms with E-state index >= 15 is 0 Å². The summed E-state index contributed by atoms with van der Waals surface area (Å²) in [4.78, 5) is 13.0. The van der Waals surface area contributed by atoms with Crippen molar-refractivity contribution >= 4 is 5.91 Å². The molecule has 120 valence electrons. The van der Waals surface area contributed by atoms with Crippen LogP contribution in [-0.4, -0.2) is 49.3 Å². The molecule has 1 fully saturated rings. The van der Waals surface area contributed by atoms with Crippen molar-refractivity contribution in [3.05, 3.63) is 23.3 Å². The summed E-state index contributed by atoms with van der Waals surface area (Å²) >= 11 is 0. The van der Waals surface area contributed by atoms with Crippen molar-refractivity contribution in [2.45, 2.75) is 38.6 Å². The number of carbonyl (C=O) groups excluding carboxylic acids is 1. The zero-order chi connectivity index (χ0) is 15.7. The molecule has 0 spiro atoms. The molecule has 0 saturated carbocycles. The van der Waals surface area contributed by atoms with E-state index in [2.05, 4.69) is 11.9 Å². The summed E-state index contributed by atoms with van der Waals surface area (Å²) < 4.78 is 10.7. The maximum atomic E-state index is 13.0. The second-order valence-corrected chi connectivity index (χ2v) is 6.08. The molecule has 2 aliphatic heterocycles. The van der Waals surface area contributed by atoms with Crippen LogP contribution in [-0.2, 0) is 6.42 Å². The SMILES string of the molecule is COc1cc2c(cc1OC)C(=O)N(N1CCCCC1)C(C)C2. The van der Waals surface area contributed by atoms with Crippen LogP contribution >= 0.6 is 0 Å². The Morgan fingerprint density at radius 3 is 2.32 bits per heavy atom. The first-order valence-electron chi connectivity index (χ1n) is 7.99. The van der Waals surface area contributed by atoms with Crippen molar-refractivity contribution in [2.24, 2.45) is 0 Å². The molecule has 1 saturated heterocycles. The van der Waals surface area contributed by atoms with Crippen molar-refractivity contribution < 1.29 is 14.3 Å². The lowest BCUT2D eigenvalue weighted by Crippen LogP contribution is -2.55. The largest absolute Gasteiger partial charge is 0.493 e. The van der Waals surface area contributed by atoms with E-state index in [4.69, 9.17) is 9.47 Å². The minimum Gasteiger partial charge on any atom is -0.493 e. The molecule has 1 aromatic rings. The van der Waals surface area contributed by atoms with Gasteiger partial charge >= 0.3 is 0 Å². The van der Waals surface area contributed by atoms with Crippen molar-refractivity contribution in [3.8, 4) is 11.5 Å². The van der Waals surface area contributed by atoms with Crippen LogP contribution in [0.3, 0.4) is 0 Å². The second kappa shape index (κ2) is 6.16. The van der Waals surface area contributed by atoms with E-state index in [1.165, 1.54) is 6.42 Å². The first kappa shape index (κ1) is 15.2. The minimum atomic E-state index is 0.0802. The number of nitrogens with zero attached hydrogens (tertiary/aromatic N) is 2. The van der Waals surface area contributed by atoms with Gasteiger partial charge in [0.1, 0.15) is 0 Å². The maximum Gasteiger partial charge on any atom is 0.268 e. The smallest absolute Gasteiger partial charge is 0.268 e. The van der Waals surface area contributed by atoms with Crippen molar-refractivity contribution in [3.63, 3.8) is 0 Å². The molecule has 2 aliphatic rings. The van der Waals surface area contributed by atoms with E-state index in [1.807, 2.05) is 17.1 Å². The minimum absolute atomic E-state index is 0.0802. The molecular formula is C17H24N2O3. The third kappa shape index (κ3) is 2.54. The van der Waals surface area contributed by atoms with Crippen LogP contribution in [0.25, 0.3) is 0 Å². The number of amides is 1. The lowest BCUT2D eigenvalue weighted by atomic mass is 9.94. The average Bonchev–Trinajstić information content (AvgIpc) is 2.54. The van der Waals surface area contributed by atoms with Crippen LogP contribution < -0.4 is 9.47 Å². The number of piperidine rings is 1. The predicted molar refractivity (Wildman–Crippen MR) is 84.3 cm³/mol. The standard InChI is InChI=1S/C17H24N2O3/c1-12-9-13-10-15(21-2)16(22-3)11-14(13)17(20)19(12)18-7-5-4-6-8-18/h10-12H,4-9H2,1-3H3. The first-order valence-corrected chi connectivity index (χ1v) is 7.99. The molecule has 22 heavy (non-hydrogen) atoms. The number of fused-ring (bicyclic) bond motifs is 1. The van der Waals surface area contributed by atoms with Crippen molar-refractivity contribution in [1.82, 2.24) is 10.0 Å². The number of benzene rings is 1. The van der Waals surface area contributed by atoms with Gasteiger partial charge < -0.3 is 9.47 Å². The highest BCUT2D eigenvalue weighted by Gasteiger charge is 2.35. The molecule has 0 N–H and O–H groups in total. The summed E-state index contributed by atoms with van der Waals surface area (Å²) in [5, 5.41) is 4.17. The molecule has 0 aromatic heterocycles. The Morgan fingerprint density at radius 1 is 1.05 bits per heavy atom. The molecule has 0 aliphatic carbocycles. The van der Waals surface area contributed by atoms with Crippen LogP contribution in [0.5, 0.6) is 11.5 Å². The molecule has 0 bridgehead atoms. The van der Waals surface area contributed by atoms with Crippen LogP contribution in [0, 0.1) is 0 Å². The number of methoxy groups -OCH3 is 2. The first-order chi connectivity index (χ1) is 10.7. The number of hydrazine groups is 1. The van der Waals surface area contributed by atoms with E-state index in [0.717, 1.165) is 43.5 Å². The van der Waals surface area contributed by atoms with Gasteiger partial charge in [-0.3, -0.25) is 9.80 Å². The van der Waals surface area contributed by atoms with E-state index in [0.29, 0.717) is 11.5 Å². The summed E-state index contributed by atoms with van der Waals surface area (Å²) in [6.07, 6.45) is 4.43. The van der Waals surface area contributed by atoms with E-state index in [9.17, 15) is 4.79 Å². The van der Waals surface area contributed by atoms with E-state index in [-0.39, 0.29) is 11.9 Å². The second-order valence-electron chi connectivity index (χ2n) is 6.08. The summed E-state index contributed by atoms with van der Waals surface area (Å²) in [6.45, 7) is 4.06. The van der Waals surface area contributed by atoms with Gasteiger partial charge in [0.15, 0.2) is 11.5 Å². The normalized spacial score (nSPS) is 22.4. The van der Waals surface area contributed by atoms with Gasteiger partial charge in [-0.1, -0.05) is 6.42 Å². The van der Waals surface area contributed by atoms with Crippen LogP contribution in [0.4, 0.5) is 0 Å². The zero-order valence-electron chi connectivity index (χ0n) is 13.6. The fraction of sp³-hybridized carbons (Fsp3) is 0.588. The molecule has 1 aromatic carbocycles. The molecule has 5 nitrogen and oxygen atoms in total. The highest BCUT2D eigenvalue weighted by atomic mass is 16.5. The zero-order valence-corrected chi connectivity index (χ0v) is 13.6. The highest BCUT2D eigenvalue weighted by molar-refractivity contribution is 5.97. The lowest BCUT2D eigenvalue weighted by Gasteiger charge is -2.44. The molecule has 1 amide bonds. The number of carbonyl (C=O) groups is 1. The van der Waals surface area contributed by atoms with E-state index in [1.54, 1.807) is 14.2 Å². The lowest BCUT2D eigenvalue weighted by molar-refractivity contribution is -0.0462. The summed E-state index contributed by atoms with van der Waals surface area (Å²) in [5.74, 6) is 1.38. The molecule has 1 unspecified atom stereocenters. The predicted octanol–water partition coefficient (Wildman–Crippen LogP) is 2.49. The van der Waals surface area contributed by atoms with Crippen LogP contribution in [0.15, 0.2) is 12.1 Å². The monoisotopic (exact) mass is 304 g/mol. The van der Waals surface area contributed by atoms with Gasteiger partial charge in [-0.15, -0.1) is 0 Å². The quantitative estimate of drug-likeness (QED) is 0.860. The Kier molecular flexibility index (Phi) is 4.25. The Hall–Kier alpha value is -1.75. The van der Waals surface area contributed by atoms with Gasteiger partial charge in [0.25, 0.3) is 5.91 Å². The molecular weight excluding hydrogens is 280 g/mol. The van der Waals surface area contributed by atoms with Crippen LogP contribution in [0.1, 0.15) is 42.1 Å². The summed E-state index contributed by atoms with van der Waals surface area (Å²) in [7, 11) is 3.22. The Morgan fingerprint density at radius 2 is 1.68 bits per heavy atom. The number of hydrogen-bond donors (Lipinski definition) is 0. The third-order valence-electron chi connectivity index (χ3n) is 4.62. The molecule has 5 heteroatoms. The molecule has 3 rings (SSSR count). The van der Waals surface area contributed by atoms with Gasteiger partial charge in [-0.25, -0.2) is 5.01 Å². The van der Waals surface area contributed by atoms with Gasteiger partial charge in [0.05, 0.1) is 20.3 Å². The average molecular weight is 304 g/mol. The fourth-order valence-electron chi connectivity index (χ4n) is 3.52.